The van der Waals surface area contributed by atoms with E-state index in [2.05, 4.69) is 7.28 Å². The molecule has 1 heterocycles. The lowest BCUT2D eigenvalue weighted by Crippen LogP contribution is -2.18. The zero-order valence-corrected chi connectivity index (χ0v) is 9.87. The second kappa shape index (κ2) is 4.56. The summed E-state index contributed by atoms with van der Waals surface area (Å²) in [5.41, 5.74) is 2.29. The summed E-state index contributed by atoms with van der Waals surface area (Å²) in [7, 11) is 2.28. The third kappa shape index (κ3) is 1.94. The fraction of sp³-hybridized carbons (Fsp3) is 0.200. The Morgan fingerprint density at radius 3 is 2.33 bits per heavy atom. The Labute approximate surface area is 106 Å². The second-order valence-corrected chi connectivity index (χ2v) is 4.64. The summed E-state index contributed by atoms with van der Waals surface area (Å²) < 4.78 is 26.8. The highest BCUT2D eigenvalue weighted by Crippen LogP contribution is 2.32. The third-order valence-electron chi connectivity index (χ3n) is 3.53. The van der Waals surface area contributed by atoms with Gasteiger partial charge in [0.15, 0.2) is 11.6 Å². The molecule has 0 bridgehead atoms. The van der Waals surface area contributed by atoms with E-state index in [4.69, 9.17) is 0 Å². The van der Waals surface area contributed by atoms with Gasteiger partial charge in [0.05, 0.1) is 0 Å². The van der Waals surface area contributed by atoms with Crippen molar-refractivity contribution in [1.82, 2.24) is 0 Å². The van der Waals surface area contributed by atoms with Gasteiger partial charge in [-0.05, 0) is 17.4 Å². The molecule has 0 amide bonds. The topological polar surface area (TPSA) is 0 Å². The van der Waals surface area contributed by atoms with E-state index < -0.39 is 11.6 Å². The molecule has 0 N–H and O–H groups in total. The normalized spacial score (nSPS) is 18.0. The van der Waals surface area contributed by atoms with Crippen molar-refractivity contribution < 1.29 is 8.78 Å². The van der Waals surface area contributed by atoms with Gasteiger partial charge in [-0.25, -0.2) is 8.78 Å². The number of benzene rings is 2. The maximum Gasteiger partial charge on any atom is 0.166 e. The van der Waals surface area contributed by atoms with Gasteiger partial charge in [0.1, 0.15) is 7.28 Å². The van der Waals surface area contributed by atoms with Gasteiger partial charge in [-0.2, -0.15) is 0 Å². The van der Waals surface area contributed by atoms with Crippen LogP contribution in [0, 0.1) is 11.6 Å². The van der Waals surface area contributed by atoms with Crippen LogP contribution in [0.5, 0.6) is 0 Å². The van der Waals surface area contributed by atoms with Crippen molar-refractivity contribution in [3.63, 3.8) is 0 Å². The van der Waals surface area contributed by atoms with Crippen LogP contribution in [-0.4, -0.2) is 7.28 Å². The van der Waals surface area contributed by atoms with Crippen LogP contribution < -0.4 is 0 Å². The molecule has 1 radical (unpaired) electrons. The Hall–Kier alpha value is -1.64. The van der Waals surface area contributed by atoms with Gasteiger partial charge < -0.3 is 0 Å². The van der Waals surface area contributed by atoms with E-state index in [1.54, 1.807) is 6.07 Å². The fourth-order valence-electron chi connectivity index (χ4n) is 2.27. The maximum absolute atomic E-state index is 13.6. The van der Waals surface area contributed by atoms with Crippen molar-refractivity contribution >= 4 is 7.28 Å². The third-order valence-corrected chi connectivity index (χ3v) is 3.53. The minimum Gasteiger partial charge on any atom is -0.204 e. The van der Waals surface area contributed by atoms with E-state index in [9.17, 15) is 8.78 Å². The van der Waals surface area contributed by atoms with Crippen LogP contribution in [0.4, 0.5) is 8.78 Å². The Balaban J connectivity index is 1.94. The van der Waals surface area contributed by atoms with E-state index in [0.29, 0.717) is 11.4 Å². The molecule has 0 nitrogen and oxygen atoms in total. The van der Waals surface area contributed by atoms with Crippen molar-refractivity contribution in [3.8, 4) is 11.1 Å². The summed E-state index contributed by atoms with van der Waals surface area (Å²) in [5, 5.41) is 0. The summed E-state index contributed by atoms with van der Waals surface area (Å²) in [5.74, 6) is -1.04. The first-order chi connectivity index (χ1) is 8.75. The molecule has 1 atom stereocenters. The van der Waals surface area contributed by atoms with Crippen LogP contribution in [-0.2, 0) is 0 Å². The Morgan fingerprint density at radius 2 is 1.72 bits per heavy atom. The summed E-state index contributed by atoms with van der Waals surface area (Å²) in [6.45, 7) is 0. The Morgan fingerprint density at radius 1 is 1.00 bits per heavy atom. The highest BCUT2D eigenvalue weighted by atomic mass is 19.2. The maximum atomic E-state index is 13.6. The lowest BCUT2D eigenvalue weighted by Gasteiger charge is -2.24. The average Bonchev–Trinajstić information content (AvgIpc) is 2.32. The van der Waals surface area contributed by atoms with Crippen molar-refractivity contribution in [1.29, 1.82) is 0 Å². The molecule has 0 aromatic heterocycles. The van der Waals surface area contributed by atoms with Crippen LogP contribution >= 0.6 is 0 Å². The molecular formula is C15H12BF2. The molecule has 3 heteroatoms. The summed E-state index contributed by atoms with van der Waals surface area (Å²) in [6, 6.07) is 12.0. The Kier molecular flexibility index (Phi) is 2.90. The van der Waals surface area contributed by atoms with Gasteiger partial charge in [-0.15, -0.1) is 0 Å². The highest BCUT2D eigenvalue weighted by Gasteiger charge is 2.20. The van der Waals surface area contributed by atoms with E-state index in [1.165, 1.54) is 24.4 Å². The molecule has 1 saturated heterocycles. The lowest BCUT2D eigenvalue weighted by atomic mass is 9.46. The molecule has 1 aliphatic rings. The van der Waals surface area contributed by atoms with Crippen molar-refractivity contribution in [2.45, 2.75) is 18.6 Å². The summed E-state index contributed by atoms with van der Waals surface area (Å²) in [6.07, 6.45) is 2.36. The van der Waals surface area contributed by atoms with Crippen molar-refractivity contribution in [2.75, 3.05) is 0 Å². The van der Waals surface area contributed by atoms with Crippen LogP contribution in [0.1, 0.15) is 17.8 Å². The van der Waals surface area contributed by atoms with Gasteiger partial charge in [0.25, 0.3) is 0 Å². The standard InChI is InChI=1S/C15H12BF2/c17-14-3-1-2-12(15(14)18)10-4-6-11(7-5-10)13-8-9-16-13/h1-7,13H,8-9H2. The van der Waals surface area contributed by atoms with Gasteiger partial charge >= 0.3 is 0 Å². The first-order valence-corrected chi connectivity index (χ1v) is 6.13. The highest BCUT2D eigenvalue weighted by molar-refractivity contribution is 6.41. The second-order valence-electron chi connectivity index (χ2n) is 4.64. The monoisotopic (exact) mass is 241 g/mol. The van der Waals surface area contributed by atoms with Crippen LogP contribution in [0.25, 0.3) is 11.1 Å². The minimum atomic E-state index is -0.802. The predicted octanol–water partition coefficient (Wildman–Crippen LogP) is 4.20. The zero-order chi connectivity index (χ0) is 12.5. The number of hydrogen-bond donors (Lipinski definition) is 0. The van der Waals surface area contributed by atoms with E-state index >= 15 is 0 Å². The minimum absolute atomic E-state index is 0.319. The largest absolute Gasteiger partial charge is 0.204 e. The fourth-order valence-corrected chi connectivity index (χ4v) is 2.27. The first kappa shape index (κ1) is 11.5. The van der Waals surface area contributed by atoms with Crippen LogP contribution in [0.3, 0.4) is 0 Å². The number of rotatable bonds is 2. The molecule has 18 heavy (non-hydrogen) atoms. The van der Waals surface area contributed by atoms with Crippen LogP contribution in [0.2, 0.25) is 6.32 Å². The number of halogens is 2. The summed E-state index contributed by atoms with van der Waals surface area (Å²) >= 11 is 0. The molecule has 1 unspecified atom stereocenters. The molecular weight excluding hydrogens is 229 g/mol. The molecule has 1 aliphatic heterocycles. The van der Waals surface area contributed by atoms with E-state index in [0.717, 1.165) is 11.6 Å². The first-order valence-electron chi connectivity index (χ1n) is 6.13. The van der Waals surface area contributed by atoms with Gasteiger partial charge in [-0.1, -0.05) is 54.7 Å². The molecule has 0 spiro atoms. The molecule has 1 fully saturated rings. The SMILES string of the molecule is Fc1cccc(-c2ccc(C3[B]CC3)cc2)c1F. The van der Waals surface area contributed by atoms with Crippen molar-refractivity contribution in [3.05, 3.63) is 59.7 Å². The lowest BCUT2D eigenvalue weighted by molar-refractivity contribution is 0.511. The summed E-state index contributed by atoms with van der Waals surface area (Å²) in [4.78, 5) is 0. The zero-order valence-electron chi connectivity index (χ0n) is 9.87. The van der Waals surface area contributed by atoms with E-state index in [1.807, 2.05) is 24.3 Å². The number of hydrogen-bond acceptors (Lipinski definition) is 0. The average molecular weight is 241 g/mol. The van der Waals surface area contributed by atoms with Gasteiger partial charge in [-0.3, -0.25) is 0 Å². The predicted molar refractivity (Wildman–Crippen MR) is 69.7 cm³/mol. The molecule has 2 aromatic carbocycles. The van der Waals surface area contributed by atoms with Gasteiger partial charge in [0, 0.05) is 5.56 Å². The molecule has 89 valence electrons. The van der Waals surface area contributed by atoms with Crippen LogP contribution in [0.15, 0.2) is 42.5 Å². The van der Waals surface area contributed by atoms with Crippen molar-refractivity contribution in [2.24, 2.45) is 0 Å². The molecule has 2 aromatic rings. The molecule has 3 rings (SSSR count). The van der Waals surface area contributed by atoms with Gasteiger partial charge in [0.2, 0.25) is 0 Å². The smallest absolute Gasteiger partial charge is 0.166 e. The molecule has 0 aliphatic carbocycles. The van der Waals surface area contributed by atoms with E-state index in [-0.39, 0.29) is 0 Å². The Bertz CT molecular complexity index is 559. The molecule has 0 saturated carbocycles. The quantitative estimate of drug-likeness (QED) is 0.691.